The van der Waals surface area contributed by atoms with Gasteiger partial charge in [-0.1, -0.05) is 0 Å². The van der Waals surface area contributed by atoms with E-state index < -0.39 is 40.3 Å². The Bertz CT molecular complexity index is 769. The Morgan fingerprint density at radius 3 is 2.68 bits per heavy atom. The average Bonchev–Trinajstić information content (AvgIpc) is 3.02. The van der Waals surface area contributed by atoms with Gasteiger partial charge in [0.1, 0.15) is 0 Å². The van der Waals surface area contributed by atoms with Gasteiger partial charge in [-0.05, 0) is 0 Å². The first-order valence-corrected chi connectivity index (χ1v) is 16.1. The molecule has 4 unspecified atom stereocenters. The van der Waals surface area contributed by atoms with Crippen LogP contribution in [0, 0.1) is 0 Å². The first kappa shape index (κ1) is 28.3. The molecule has 1 aliphatic rings. The van der Waals surface area contributed by atoms with E-state index in [9.17, 15) is 9.46 Å². The van der Waals surface area contributed by atoms with Gasteiger partial charge < -0.3 is 0 Å². The van der Waals surface area contributed by atoms with Crippen molar-refractivity contribution in [2.75, 3.05) is 5.94 Å². The maximum atomic E-state index is 12.9. The van der Waals surface area contributed by atoms with Gasteiger partial charge in [0, 0.05) is 0 Å². The van der Waals surface area contributed by atoms with E-state index in [0.717, 1.165) is 4.90 Å². The molecule has 0 amide bonds. The molecule has 2 rings (SSSR count). The van der Waals surface area contributed by atoms with Crippen molar-refractivity contribution in [3.63, 3.8) is 0 Å². The number of rotatable bonds is 13. The minimum absolute atomic E-state index is 0.166. The molecule has 1 aromatic rings. The van der Waals surface area contributed by atoms with E-state index in [1.54, 1.807) is 39.5 Å². The van der Waals surface area contributed by atoms with Crippen LogP contribution in [0.1, 0.15) is 34.1 Å². The molecule has 175 valence electrons. The monoisotopic (exact) mass is 712 g/mol. The summed E-state index contributed by atoms with van der Waals surface area (Å²) in [5.74, 6) is 0.441. The van der Waals surface area contributed by atoms with Crippen LogP contribution in [0.25, 0.3) is 0 Å². The fourth-order valence-electron chi connectivity index (χ4n) is 2.77. The molecule has 1 radical (unpaired) electrons. The second-order valence-corrected chi connectivity index (χ2v) is 15.4. The van der Waals surface area contributed by atoms with Crippen molar-refractivity contribution in [2.45, 2.75) is 65.9 Å². The normalized spacial score (nSPS) is 22.1. The second kappa shape index (κ2) is 13.2. The molecule has 31 heavy (non-hydrogen) atoms. The quantitative estimate of drug-likeness (QED) is 0.0620. The molecule has 1 aliphatic heterocycles. The van der Waals surface area contributed by atoms with Crippen molar-refractivity contribution in [3.05, 3.63) is 42.1 Å². The Labute approximate surface area is 219 Å². The molecule has 12 heteroatoms. The topological polar surface area (TPSA) is 74.2 Å². The summed E-state index contributed by atoms with van der Waals surface area (Å²) in [6.07, 6.45) is 1.14. The number of hydrogen-bond donors (Lipinski definition) is 2. The van der Waals surface area contributed by atoms with Crippen LogP contribution >= 0.6 is 54.6 Å². The Balaban J connectivity index is 2.04. The number of hydrogen-bond acceptors (Lipinski definition) is 7. The van der Waals surface area contributed by atoms with E-state index in [1.165, 1.54) is 0 Å². The van der Waals surface area contributed by atoms with Crippen LogP contribution in [0.2, 0.25) is 0 Å². The van der Waals surface area contributed by atoms with E-state index in [1.807, 2.05) is 41.5 Å². The fourth-order valence-corrected chi connectivity index (χ4v) is 6.80. The van der Waals surface area contributed by atoms with Gasteiger partial charge >= 0.3 is 222 Å². The van der Waals surface area contributed by atoms with Gasteiger partial charge in [0.25, 0.3) is 0 Å². The van der Waals surface area contributed by atoms with E-state index in [-0.39, 0.29) is 15.7 Å². The van der Waals surface area contributed by atoms with E-state index in [2.05, 4.69) is 35.2 Å². The van der Waals surface area contributed by atoms with Crippen LogP contribution in [0.15, 0.2) is 47.0 Å². The van der Waals surface area contributed by atoms with E-state index in [0.29, 0.717) is 18.0 Å². The molecule has 1 aromatic carbocycles. The maximum absolute atomic E-state index is 12.9. The average molecular weight is 712 g/mol. The van der Waals surface area contributed by atoms with Crippen molar-refractivity contribution >= 4 is 59.7 Å². The number of halogens is 2. The summed E-state index contributed by atoms with van der Waals surface area (Å²) in [5, 5.41) is 0.932. The number of ether oxygens (including phenoxy) is 2. The first-order chi connectivity index (χ1) is 14.5. The van der Waals surface area contributed by atoms with Crippen LogP contribution < -0.4 is 21.4 Å². The first-order valence-electron chi connectivity index (χ1n) is 9.64. The van der Waals surface area contributed by atoms with Gasteiger partial charge in [-0.2, -0.15) is 0 Å². The summed E-state index contributed by atoms with van der Waals surface area (Å²) in [4.78, 5) is 11.6. The standard InChI is InChI=1S/C19H28BI2O6PS2/c1-13(2)28-29(23,24)19(3,4)11-16-15(10-17(26-16)20-22-27-18(21)30)25-12-31-14-8-6-5-7-9-14/h5-10,13,15-16,18,30H,11-12H2,1-4H3,(H,23,24)/q-1. The summed E-state index contributed by atoms with van der Waals surface area (Å²) in [6.45, 7) is 6.96. The van der Waals surface area contributed by atoms with Crippen LogP contribution in [0.5, 0.6) is 0 Å². The van der Waals surface area contributed by atoms with Crippen molar-refractivity contribution < 1.29 is 47.9 Å². The van der Waals surface area contributed by atoms with Crippen molar-refractivity contribution in [1.29, 1.82) is 0 Å². The molecular formula is C19H28BI2O6PS2-. The third-order valence-corrected chi connectivity index (χ3v) is 11.0. The Morgan fingerprint density at radius 1 is 1.39 bits per heavy atom. The van der Waals surface area contributed by atoms with E-state index in [4.69, 9.17) is 17.1 Å². The van der Waals surface area contributed by atoms with Gasteiger partial charge in [-0.15, -0.1) is 0 Å². The van der Waals surface area contributed by atoms with Gasteiger partial charge in [0.15, 0.2) is 0 Å². The van der Waals surface area contributed by atoms with Crippen LogP contribution in [0.3, 0.4) is 0 Å². The SMILES string of the molecule is CC(C)OP(=O)(O)C(C)(C)CC1OC([B][I-]OC(S)I)=CC1OCSc1ccccc1. The molecule has 1 N–H and O–H groups in total. The summed E-state index contributed by atoms with van der Waals surface area (Å²) in [6, 6.07) is 10.00. The molecule has 6 nitrogen and oxygen atoms in total. The Hall–Kier alpha value is 1.05. The third kappa shape index (κ3) is 9.67. The van der Waals surface area contributed by atoms with Crippen LogP contribution in [-0.2, 0) is 21.6 Å². The minimum atomic E-state index is -3.86. The second-order valence-electron chi connectivity index (χ2n) is 7.70. The molecule has 0 aliphatic carbocycles. The van der Waals surface area contributed by atoms with Crippen LogP contribution in [0.4, 0.5) is 0 Å². The Kier molecular flexibility index (Phi) is 12.1. The summed E-state index contributed by atoms with van der Waals surface area (Å²) >= 11 is 7.21. The van der Waals surface area contributed by atoms with Crippen molar-refractivity contribution in [2.24, 2.45) is 0 Å². The number of thiol groups is 1. The summed E-state index contributed by atoms with van der Waals surface area (Å²) < 4.78 is 35.8. The predicted octanol–water partition coefficient (Wildman–Crippen LogP) is 2.43. The number of benzene rings is 1. The zero-order valence-corrected chi connectivity index (χ0v) is 24.7. The van der Waals surface area contributed by atoms with Crippen molar-refractivity contribution in [3.8, 4) is 0 Å². The zero-order valence-electron chi connectivity index (χ0n) is 17.8. The van der Waals surface area contributed by atoms with Gasteiger partial charge in [0.2, 0.25) is 0 Å². The van der Waals surface area contributed by atoms with E-state index >= 15 is 0 Å². The molecule has 0 spiro atoms. The Morgan fingerprint density at radius 2 is 2.06 bits per heavy atom. The molecule has 0 saturated heterocycles. The molecule has 0 bridgehead atoms. The predicted molar refractivity (Wildman–Crippen MR) is 133 cm³/mol. The molecule has 4 atom stereocenters. The zero-order chi connectivity index (χ0) is 23.1. The molecule has 0 aromatic heterocycles. The molecule has 0 saturated carbocycles. The van der Waals surface area contributed by atoms with Gasteiger partial charge in [-0.3, -0.25) is 0 Å². The number of alkyl halides is 1. The molecular weight excluding hydrogens is 684 g/mol. The molecule has 0 fully saturated rings. The third-order valence-electron chi connectivity index (χ3n) is 4.31. The molecule has 1 heterocycles. The van der Waals surface area contributed by atoms with Gasteiger partial charge in [0.05, 0.1) is 0 Å². The van der Waals surface area contributed by atoms with Gasteiger partial charge in [-0.25, -0.2) is 0 Å². The summed E-state index contributed by atoms with van der Waals surface area (Å²) in [7, 11) is -3.86. The van der Waals surface area contributed by atoms with Crippen LogP contribution in [-0.4, -0.2) is 42.9 Å². The van der Waals surface area contributed by atoms with Crippen molar-refractivity contribution in [1.82, 2.24) is 0 Å². The number of thioether (sulfide) groups is 1. The fraction of sp³-hybridized carbons (Fsp3) is 0.579. The summed E-state index contributed by atoms with van der Waals surface area (Å²) in [5.41, 5.74) is 0.686.